The standard InChI is InChI=1S/C28H27N3O6S2/c1-28(2,3)39(33,34)20-8-6-7-18(13-20)25(37-19-11-9-17(16-29)10-12-19)26(32)31-27-30-21-14-22(35-4)23(36-5)15-24(21)38-27/h6-15,25H,1-5H3,(H,30,31,32). The van der Waals surface area contributed by atoms with Crippen LogP contribution in [-0.4, -0.2) is 38.3 Å². The van der Waals surface area contributed by atoms with E-state index in [4.69, 9.17) is 19.5 Å². The van der Waals surface area contributed by atoms with Crippen LogP contribution in [0.3, 0.4) is 0 Å². The molecule has 1 heterocycles. The number of hydrogen-bond acceptors (Lipinski definition) is 9. The highest BCUT2D eigenvalue weighted by molar-refractivity contribution is 7.92. The number of methoxy groups -OCH3 is 2. The molecular weight excluding hydrogens is 538 g/mol. The third kappa shape index (κ3) is 5.82. The summed E-state index contributed by atoms with van der Waals surface area (Å²) in [5.74, 6) is 0.817. The number of fused-ring (bicyclic) bond motifs is 1. The average Bonchev–Trinajstić information content (AvgIpc) is 3.31. The number of nitriles is 1. The Balaban J connectivity index is 1.72. The van der Waals surface area contributed by atoms with Gasteiger partial charge in [0.25, 0.3) is 5.91 Å². The molecule has 0 aliphatic heterocycles. The quantitative estimate of drug-likeness (QED) is 0.296. The van der Waals surface area contributed by atoms with Crippen molar-refractivity contribution >= 4 is 42.4 Å². The minimum Gasteiger partial charge on any atom is -0.493 e. The van der Waals surface area contributed by atoms with E-state index in [1.165, 1.54) is 37.7 Å². The van der Waals surface area contributed by atoms with Gasteiger partial charge in [-0.15, -0.1) is 0 Å². The van der Waals surface area contributed by atoms with Crippen molar-refractivity contribution in [3.63, 3.8) is 0 Å². The summed E-state index contributed by atoms with van der Waals surface area (Å²) >= 11 is 1.24. The molecule has 3 aromatic carbocycles. The molecule has 0 radical (unpaired) electrons. The van der Waals surface area contributed by atoms with Gasteiger partial charge in [0.2, 0.25) is 6.10 Å². The SMILES string of the molecule is COc1cc2nc(NC(=O)C(Oc3ccc(C#N)cc3)c3cccc(S(=O)(=O)C(C)(C)C)c3)sc2cc1OC. The summed E-state index contributed by atoms with van der Waals surface area (Å²) in [5, 5.41) is 12.2. The van der Waals surface area contributed by atoms with Crippen LogP contribution < -0.4 is 19.5 Å². The van der Waals surface area contributed by atoms with Crippen LogP contribution in [0.15, 0.2) is 65.6 Å². The molecule has 0 saturated carbocycles. The van der Waals surface area contributed by atoms with E-state index in [0.29, 0.717) is 39.0 Å². The number of nitrogens with one attached hydrogen (secondary N) is 1. The number of rotatable bonds is 8. The second-order valence-electron chi connectivity index (χ2n) is 9.51. The first-order valence-corrected chi connectivity index (χ1v) is 14.1. The number of nitrogens with zero attached hydrogens (tertiary/aromatic N) is 2. The zero-order chi connectivity index (χ0) is 28.4. The Morgan fingerprint density at radius 1 is 1.03 bits per heavy atom. The minimum atomic E-state index is -3.69. The van der Waals surface area contributed by atoms with Gasteiger partial charge in [0.15, 0.2) is 26.5 Å². The molecule has 1 N–H and O–H groups in total. The van der Waals surface area contributed by atoms with Crippen LogP contribution in [0.5, 0.6) is 17.2 Å². The molecule has 202 valence electrons. The van der Waals surface area contributed by atoms with E-state index in [9.17, 15) is 13.2 Å². The van der Waals surface area contributed by atoms with Crippen molar-refractivity contribution in [3.05, 3.63) is 71.8 Å². The van der Waals surface area contributed by atoms with Gasteiger partial charge in [0, 0.05) is 17.7 Å². The maximum atomic E-state index is 13.6. The normalized spacial score (nSPS) is 12.4. The number of benzene rings is 3. The molecule has 0 saturated heterocycles. The number of anilines is 1. The molecule has 9 nitrogen and oxygen atoms in total. The predicted octanol–water partition coefficient (Wildman–Crippen LogP) is 5.52. The fourth-order valence-corrected chi connectivity index (χ4v) is 5.83. The van der Waals surface area contributed by atoms with Crippen molar-refractivity contribution < 1.29 is 27.4 Å². The lowest BCUT2D eigenvalue weighted by Gasteiger charge is -2.22. The van der Waals surface area contributed by atoms with Crippen molar-refractivity contribution in [1.82, 2.24) is 4.98 Å². The monoisotopic (exact) mass is 565 g/mol. The van der Waals surface area contributed by atoms with E-state index in [2.05, 4.69) is 10.3 Å². The van der Waals surface area contributed by atoms with Crippen LogP contribution in [-0.2, 0) is 14.6 Å². The van der Waals surface area contributed by atoms with Gasteiger partial charge in [-0.1, -0.05) is 23.5 Å². The highest BCUT2D eigenvalue weighted by Gasteiger charge is 2.32. The van der Waals surface area contributed by atoms with Gasteiger partial charge in [0.1, 0.15) is 5.75 Å². The van der Waals surface area contributed by atoms with Crippen molar-refractivity contribution in [2.45, 2.75) is 36.5 Å². The zero-order valence-electron chi connectivity index (χ0n) is 22.0. The molecule has 0 spiro atoms. The molecule has 39 heavy (non-hydrogen) atoms. The van der Waals surface area contributed by atoms with Gasteiger partial charge in [-0.2, -0.15) is 5.26 Å². The number of carbonyl (C=O) groups is 1. The largest absolute Gasteiger partial charge is 0.493 e. The average molecular weight is 566 g/mol. The van der Waals surface area contributed by atoms with Gasteiger partial charge < -0.3 is 14.2 Å². The van der Waals surface area contributed by atoms with E-state index in [1.807, 2.05) is 6.07 Å². The van der Waals surface area contributed by atoms with E-state index in [0.717, 1.165) is 4.70 Å². The van der Waals surface area contributed by atoms with Gasteiger partial charge in [-0.25, -0.2) is 13.4 Å². The van der Waals surface area contributed by atoms with Gasteiger partial charge in [-0.3, -0.25) is 10.1 Å². The van der Waals surface area contributed by atoms with E-state index < -0.39 is 26.6 Å². The summed E-state index contributed by atoms with van der Waals surface area (Å²) in [5.41, 5.74) is 1.38. The predicted molar refractivity (Wildman–Crippen MR) is 149 cm³/mol. The number of amides is 1. The first-order chi connectivity index (χ1) is 18.5. The zero-order valence-corrected chi connectivity index (χ0v) is 23.6. The van der Waals surface area contributed by atoms with Crippen LogP contribution in [0.25, 0.3) is 10.2 Å². The second kappa shape index (κ2) is 10.9. The lowest BCUT2D eigenvalue weighted by Crippen LogP contribution is -2.29. The summed E-state index contributed by atoms with van der Waals surface area (Å²) < 4.78 is 42.7. The number of thiazole rings is 1. The van der Waals surface area contributed by atoms with Crippen LogP contribution in [0.4, 0.5) is 5.13 Å². The molecule has 0 aliphatic rings. The summed E-state index contributed by atoms with van der Waals surface area (Å²) in [6, 6.07) is 18.0. The second-order valence-corrected chi connectivity index (χ2v) is 13.2. The Morgan fingerprint density at radius 2 is 1.69 bits per heavy atom. The lowest BCUT2D eigenvalue weighted by atomic mass is 10.1. The number of hydrogen-bond donors (Lipinski definition) is 1. The van der Waals surface area contributed by atoms with Crippen LogP contribution in [0, 0.1) is 11.3 Å². The fourth-order valence-electron chi connectivity index (χ4n) is 3.69. The summed E-state index contributed by atoms with van der Waals surface area (Å²) in [6.07, 6.45) is -1.22. The first-order valence-electron chi connectivity index (χ1n) is 11.8. The molecule has 0 aliphatic carbocycles. The van der Waals surface area contributed by atoms with Gasteiger partial charge in [0.05, 0.1) is 45.7 Å². The molecule has 1 atom stereocenters. The van der Waals surface area contributed by atoms with E-state index >= 15 is 0 Å². The van der Waals surface area contributed by atoms with Crippen molar-refractivity contribution in [2.75, 3.05) is 19.5 Å². The topological polar surface area (TPSA) is 128 Å². The van der Waals surface area contributed by atoms with E-state index in [-0.39, 0.29) is 4.90 Å². The molecule has 4 rings (SSSR count). The number of aromatic nitrogens is 1. The summed E-state index contributed by atoms with van der Waals surface area (Å²) in [7, 11) is -0.627. The highest BCUT2D eigenvalue weighted by atomic mass is 32.2. The van der Waals surface area contributed by atoms with E-state index in [1.54, 1.807) is 69.3 Å². The summed E-state index contributed by atoms with van der Waals surface area (Å²) in [6.45, 7) is 4.84. The Kier molecular flexibility index (Phi) is 7.81. The van der Waals surface area contributed by atoms with Crippen molar-refractivity contribution in [1.29, 1.82) is 5.26 Å². The maximum Gasteiger partial charge on any atom is 0.271 e. The summed E-state index contributed by atoms with van der Waals surface area (Å²) in [4.78, 5) is 18.2. The Labute approximate surface area is 230 Å². The molecular formula is C28H27N3O6S2. The Bertz CT molecular complexity index is 1630. The minimum absolute atomic E-state index is 0.0768. The maximum absolute atomic E-state index is 13.6. The molecule has 11 heteroatoms. The lowest BCUT2D eigenvalue weighted by molar-refractivity contribution is -0.123. The van der Waals surface area contributed by atoms with Crippen LogP contribution >= 0.6 is 11.3 Å². The molecule has 4 aromatic rings. The third-order valence-electron chi connectivity index (χ3n) is 5.88. The fraction of sp³-hybridized carbons (Fsp3) is 0.250. The molecule has 1 amide bonds. The van der Waals surface area contributed by atoms with Gasteiger partial charge >= 0.3 is 0 Å². The van der Waals surface area contributed by atoms with Crippen molar-refractivity contribution in [3.8, 4) is 23.3 Å². The molecule has 1 unspecified atom stereocenters. The highest BCUT2D eigenvalue weighted by Crippen LogP contribution is 2.37. The molecule has 0 bridgehead atoms. The Hall–Kier alpha value is -4.14. The third-order valence-corrected chi connectivity index (χ3v) is 9.30. The van der Waals surface area contributed by atoms with Gasteiger partial charge in [-0.05, 0) is 57.2 Å². The first kappa shape index (κ1) is 27.9. The van der Waals surface area contributed by atoms with Crippen LogP contribution in [0.2, 0.25) is 0 Å². The number of sulfone groups is 1. The number of carbonyl (C=O) groups excluding carboxylic acids is 1. The Morgan fingerprint density at radius 3 is 2.31 bits per heavy atom. The van der Waals surface area contributed by atoms with Crippen molar-refractivity contribution in [2.24, 2.45) is 0 Å². The smallest absolute Gasteiger partial charge is 0.271 e. The molecule has 0 fully saturated rings. The number of ether oxygens (including phenoxy) is 3. The van der Waals surface area contributed by atoms with Crippen LogP contribution in [0.1, 0.15) is 38.0 Å². The molecule has 1 aromatic heterocycles.